The normalized spacial score (nSPS) is 11.9. The minimum atomic E-state index is -1.15. The number of aliphatic carboxylic acids is 1. The van der Waals surface area contributed by atoms with Gasteiger partial charge < -0.3 is 10.4 Å². The molecule has 0 fully saturated rings. The van der Waals surface area contributed by atoms with Gasteiger partial charge in [0.15, 0.2) is 0 Å². The Bertz CT molecular complexity index is 540. The quantitative estimate of drug-likeness (QED) is 0.766. The lowest BCUT2D eigenvalue weighted by Gasteiger charge is -2.12. The van der Waals surface area contributed by atoms with Gasteiger partial charge in [-0.05, 0) is 18.9 Å². The second-order valence-electron chi connectivity index (χ2n) is 4.70. The Hall–Kier alpha value is -2.29. The van der Waals surface area contributed by atoms with E-state index in [1.807, 2.05) is 20.8 Å². The Morgan fingerprint density at radius 1 is 1.55 bits per heavy atom. The van der Waals surface area contributed by atoms with Gasteiger partial charge in [0.05, 0.1) is 5.69 Å². The Labute approximate surface area is 118 Å². The van der Waals surface area contributed by atoms with Crippen LogP contribution in [0.4, 0.5) is 0 Å². The monoisotopic (exact) mass is 277 g/mol. The number of carboxylic acid groups (broad SMARTS) is 1. The van der Waals surface area contributed by atoms with Crippen molar-refractivity contribution in [2.24, 2.45) is 0 Å². The molecule has 0 aliphatic carbocycles. The summed E-state index contributed by atoms with van der Waals surface area (Å²) < 4.78 is 1.56. The maximum atomic E-state index is 12.1. The first-order valence-electron chi connectivity index (χ1n) is 6.45. The fraction of sp³-hybridized carbons (Fsp3) is 0.500. The molecule has 0 radical (unpaired) electrons. The summed E-state index contributed by atoms with van der Waals surface area (Å²) >= 11 is 0. The van der Waals surface area contributed by atoms with Crippen LogP contribution in [0.5, 0.6) is 0 Å². The lowest BCUT2D eigenvalue weighted by molar-refractivity contribution is -0.139. The van der Waals surface area contributed by atoms with Crippen LogP contribution in [0.25, 0.3) is 0 Å². The van der Waals surface area contributed by atoms with Crippen LogP contribution < -0.4 is 5.32 Å². The highest BCUT2D eigenvalue weighted by Crippen LogP contribution is 2.14. The van der Waals surface area contributed by atoms with Gasteiger partial charge >= 0.3 is 5.97 Å². The maximum Gasteiger partial charge on any atom is 0.327 e. The number of terminal acetylenes is 1. The van der Waals surface area contributed by atoms with E-state index in [4.69, 9.17) is 11.5 Å². The Kier molecular flexibility index (Phi) is 5.32. The summed E-state index contributed by atoms with van der Waals surface area (Å²) in [7, 11) is 0. The third-order valence-corrected chi connectivity index (χ3v) is 2.85. The van der Waals surface area contributed by atoms with Crippen molar-refractivity contribution in [2.75, 3.05) is 0 Å². The number of nitrogens with one attached hydrogen (secondary N) is 1. The van der Waals surface area contributed by atoms with Crippen LogP contribution in [0.3, 0.4) is 0 Å². The van der Waals surface area contributed by atoms with Crippen LogP contribution in [0.15, 0.2) is 6.07 Å². The molecule has 6 nitrogen and oxygen atoms in total. The molecule has 6 heteroatoms. The predicted octanol–water partition coefficient (Wildman–Crippen LogP) is 1.23. The van der Waals surface area contributed by atoms with Crippen molar-refractivity contribution in [2.45, 2.75) is 45.7 Å². The molecule has 0 saturated heterocycles. The number of carbonyl (C=O) groups excluding carboxylic acids is 1. The number of aromatic nitrogens is 2. The molecule has 108 valence electrons. The van der Waals surface area contributed by atoms with Crippen molar-refractivity contribution in [3.63, 3.8) is 0 Å². The van der Waals surface area contributed by atoms with Gasteiger partial charge in [0.1, 0.15) is 11.7 Å². The van der Waals surface area contributed by atoms with Gasteiger partial charge in [0.2, 0.25) is 0 Å². The summed E-state index contributed by atoms with van der Waals surface area (Å²) in [6.45, 7) is 6.34. The molecule has 1 heterocycles. The van der Waals surface area contributed by atoms with E-state index in [1.165, 1.54) is 0 Å². The zero-order valence-electron chi connectivity index (χ0n) is 11.9. The summed E-state index contributed by atoms with van der Waals surface area (Å²) in [6, 6.07) is 0.591. The first-order valence-corrected chi connectivity index (χ1v) is 6.45. The number of carboxylic acids is 1. The average Bonchev–Trinajstić information content (AvgIpc) is 2.82. The largest absolute Gasteiger partial charge is 0.480 e. The first kappa shape index (κ1) is 15.8. The SMILES string of the molecule is C#CCC(NC(=O)c1cc(C(C)C)nn1CC)C(=O)O. The molecule has 1 aromatic heterocycles. The smallest absolute Gasteiger partial charge is 0.327 e. The highest BCUT2D eigenvalue weighted by Gasteiger charge is 2.22. The summed E-state index contributed by atoms with van der Waals surface area (Å²) in [4.78, 5) is 23.1. The number of rotatable bonds is 6. The maximum absolute atomic E-state index is 12.1. The minimum Gasteiger partial charge on any atom is -0.480 e. The Morgan fingerprint density at radius 2 is 2.20 bits per heavy atom. The molecule has 0 bridgehead atoms. The van der Waals surface area contributed by atoms with Crippen molar-refractivity contribution in [3.8, 4) is 12.3 Å². The van der Waals surface area contributed by atoms with Crippen LogP contribution >= 0.6 is 0 Å². The summed E-state index contributed by atoms with van der Waals surface area (Å²) in [5.41, 5.74) is 1.14. The lowest BCUT2D eigenvalue weighted by Crippen LogP contribution is -2.41. The van der Waals surface area contributed by atoms with E-state index in [0.717, 1.165) is 5.69 Å². The minimum absolute atomic E-state index is 0.0572. The van der Waals surface area contributed by atoms with Crippen molar-refractivity contribution in [1.82, 2.24) is 15.1 Å². The molecule has 0 aliphatic heterocycles. The molecular weight excluding hydrogens is 258 g/mol. The molecular formula is C14H19N3O3. The van der Waals surface area contributed by atoms with E-state index < -0.39 is 17.9 Å². The number of hydrogen-bond donors (Lipinski definition) is 2. The summed E-state index contributed by atoms with van der Waals surface area (Å²) in [5.74, 6) is 0.802. The molecule has 0 aliphatic rings. The summed E-state index contributed by atoms with van der Waals surface area (Å²) in [6.07, 6.45) is 5.04. The number of hydrogen-bond acceptors (Lipinski definition) is 3. The second kappa shape index (κ2) is 6.75. The van der Waals surface area contributed by atoms with Crippen molar-refractivity contribution in [3.05, 3.63) is 17.5 Å². The van der Waals surface area contributed by atoms with E-state index in [0.29, 0.717) is 12.2 Å². The molecule has 0 saturated carbocycles. The lowest BCUT2D eigenvalue weighted by atomic mass is 10.1. The van der Waals surface area contributed by atoms with Crippen LogP contribution in [0.2, 0.25) is 0 Å². The highest BCUT2D eigenvalue weighted by atomic mass is 16.4. The topological polar surface area (TPSA) is 84.2 Å². The van der Waals surface area contributed by atoms with Crippen molar-refractivity contribution in [1.29, 1.82) is 0 Å². The third-order valence-electron chi connectivity index (χ3n) is 2.85. The zero-order valence-corrected chi connectivity index (χ0v) is 11.9. The van der Waals surface area contributed by atoms with Gasteiger partial charge in [-0.15, -0.1) is 12.3 Å². The van der Waals surface area contributed by atoms with Gasteiger partial charge in [-0.3, -0.25) is 9.48 Å². The van der Waals surface area contributed by atoms with Gasteiger partial charge in [0.25, 0.3) is 5.91 Å². The fourth-order valence-electron chi connectivity index (χ4n) is 1.69. The van der Waals surface area contributed by atoms with Gasteiger partial charge in [-0.1, -0.05) is 13.8 Å². The van der Waals surface area contributed by atoms with E-state index in [1.54, 1.807) is 10.7 Å². The predicted molar refractivity (Wildman–Crippen MR) is 74.3 cm³/mol. The van der Waals surface area contributed by atoms with Crippen LogP contribution in [-0.4, -0.2) is 32.8 Å². The second-order valence-corrected chi connectivity index (χ2v) is 4.70. The third kappa shape index (κ3) is 3.60. The van der Waals surface area contributed by atoms with E-state index in [9.17, 15) is 9.59 Å². The molecule has 1 atom stereocenters. The van der Waals surface area contributed by atoms with Crippen LogP contribution in [0, 0.1) is 12.3 Å². The van der Waals surface area contributed by atoms with Crippen molar-refractivity contribution < 1.29 is 14.7 Å². The molecule has 1 rings (SSSR count). The zero-order chi connectivity index (χ0) is 15.3. The van der Waals surface area contributed by atoms with Gasteiger partial charge in [-0.25, -0.2) is 4.79 Å². The van der Waals surface area contributed by atoms with E-state index in [2.05, 4.69) is 16.3 Å². The Morgan fingerprint density at radius 3 is 2.65 bits per heavy atom. The van der Waals surface area contributed by atoms with Gasteiger partial charge in [0, 0.05) is 13.0 Å². The van der Waals surface area contributed by atoms with E-state index in [-0.39, 0.29) is 12.3 Å². The Balaban J connectivity index is 2.96. The first-order chi connectivity index (χ1) is 9.40. The van der Waals surface area contributed by atoms with Crippen LogP contribution in [-0.2, 0) is 11.3 Å². The molecule has 0 spiro atoms. The number of carbonyl (C=O) groups is 2. The fourth-order valence-corrected chi connectivity index (χ4v) is 1.69. The molecule has 20 heavy (non-hydrogen) atoms. The molecule has 1 aromatic rings. The summed E-state index contributed by atoms with van der Waals surface area (Å²) in [5, 5.41) is 15.7. The van der Waals surface area contributed by atoms with Gasteiger partial charge in [-0.2, -0.15) is 5.10 Å². The number of amides is 1. The number of aryl methyl sites for hydroxylation is 1. The average molecular weight is 277 g/mol. The highest BCUT2D eigenvalue weighted by molar-refractivity contribution is 5.95. The molecule has 1 amide bonds. The number of nitrogens with zero attached hydrogens (tertiary/aromatic N) is 2. The van der Waals surface area contributed by atoms with E-state index >= 15 is 0 Å². The van der Waals surface area contributed by atoms with Crippen LogP contribution in [0.1, 0.15) is 49.3 Å². The van der Waals surface area contributed by atoms with Crippen molar-refractivity contribution >= 4 is 11.9 Å². The molecule has 0 aromatic carbocycles. The molecule has 2 N–H and O–H groups in total. The molecule has 1 unspecified atom stereocenters. The standard InChI is InChI=1S/C14H19N3O3/c1-5-7-10(14(19)20)15-13(18)12-8-11(9(3)4)16-17(12)6-2/h1,8-10H,6-7H2,2-4H3,(H,15,18)(H,19,20).